The second-order valence-corrected chi connectivity index (χ2v) is 19.6. The van der Waals surface area contributed by atoms with E-state index in [1.54, 1.807) is 0 Å². The van der Waals surface area contributed by atoms with Crippen LogP contribution in [0.5, 0.6) is 0 Å². The van der Waals surface area contributed by atoms with Crippen LogP contribution in [0.3, 0.4) is 0 Å². The fraction of sp³-hybridized carbons (Fsp3) is 1.00. The first-order chi connectivity index (χ1) is 11.3. The quantitative estimate of drug-likeness (QED) is 0.318. The smallest absolute Gasteiger partial charge is 0.198 e. The molecule has 0 heterocycles. The number of hydrogen-bond acceptors (Lipinski definition) is 2. The van der Waals surface area contributed by atoms with Crippen LogP contribution in [0.25, 0.3) is 0 Å². The Morgan fingerprint density at radius 1 is 0.480 bits per heavy atom. The molecule has 152 valence electrons. The summed E-state index contributed by atoms with van der Waals surface area (Å²) in [5.41, 5.74) is 2.65. The van der Waals surface area contributed by atoms with Crippen molar-refractivity contribution in [1.29, 1.82) is 0 Å². The van der Waals surface area contributed by atoms with E-state index in [0.717, 1.165) is 0 Å². The zero-order valence-corrected chi connectivity index (χ0v) is 21.4. The largest absolute Gasteiger partial charge is 0.414 e. The maximum absolute atomic E-state index is 6.69. The molecule has 0 atom stereocenters. The Kier molecular flexibility index (Phi) is 10.8. The third-order valence-electron chi connectivity index (χ3n) is 5.95. The van der Waals surface area contributed by atoms with Crippen molar-refractivity contribution < 1.29 is 8.85 Å². The van der Waals surface area contributed by atoms with Crippen molar-refractivity contribution in [1.82, 2.24) is 0 Å². The van der Waals surface area contributed by atoms with Gasteiger partial charge in [0.15, 0.2) is 16.6 Å². The van der Waals surface area contributed by atoms with E-state index in [9.17, 15) is 0 Å². The summed E-state index contributed by atoms with van der Waals surface area (Å²) in [6.45, 7) is 27.9. The van der Waals surface area contributed by atoms with Crippen LogP contribution in [-0.2, 0) is 8.85 Å². The second kappa shape index (κ2) is 10.6. The average molecular weight is 389 g/mol. The molecule has 0 amide bonds. The van der Waals surface area contributed by atoms with Crippen molar-refractivity contribution in [2.45, 2.75) is 136 Å². The van der Waals surface area contributed by atoms with E-state index >= 15 is 0 Å². The molecule has 0 saturated heterocycles. The fourth-order valence-corrected chi connectivity index (χ4v) is 14.5. The topological polar surface area (TPSA) is 18.5 Å². The third kappa shape index (κ3) is 6.78. The minimum absolute atomic E-state index is 0.334. The monoisotopic (exact) mass is 388 g/mol. The summed E-state index contributed by atoms with van der Waals surface area (Å²) in [6.07, 6.45) is 1.94. The van der Waals surface area contributed by atoms with E-state index in [1.807, 2.05) is 0 Å². The molecule has 0 radical (unpaired) electrons. The molecule has 0 unspecified atom stereocenters. The lowest BCUT2D eigenvalue weighted by atomic mass is 10.5. The van der Waals surface area contributed by atoms with Crippen LogP contribution in [0.1, 0.15) is 89.5 Å². The zero-order chi connectivity index (χ0) is 20.0. The Morgan fingerprint density at radius 3 is 0.880 bits per heavy atom. The van der Waals surface area contributed by atoms with Gasteiger partial charge in [0.05, 0.1) is 0 Å². The highest BCUT2D eigenvalue weighted by Gasteiger charge is 2.46. The van der Waals surface area contributed by atoms with E-state index in [0.29, 0.717) is 34.4 Å². The van der Waals surface area contributed by atoms with Crippen molar-refractivity contribution in [3.05, 3.63) is 0 Å². The Balaban J connectivity index is 5.37. The number of rotatable bonds is 12. The highest BCUT2D eigenvalue weighted by atomic mass is 28.4. The Hall–Kier alpha value is 0.354. The van der Waals surface area contributed by atoms with Gasteiger partial charge in [-0.15, -0.1) is 0 Å². The zero-order valence-electron chi connectivity index (χ0n) is 19.4. The van der Waals surface area contributed by atoms with E-state index in [1.165, 1.54) is 18.5 Å². The van der Waals surface area contributed by atoms with Crippen LogP contribution >= 0.6 is 0 Å². The molecule has 0 spiro atoms. The summed E-state index contributed by atoms with van der Waals surface area (Å²) < 4.78 is 13.4. The predicted molar refractivity (Wildman–Crippen MR) is 119 cm³/mol. The van der Waals surface area contributed by atoms with Crippen molar-refractivity contribution in [2.24, 2.45) is 0 Å². The summed E-state index contributed by atoms with van der Waals surface area (Å²) in [4.78, 5) is 0. The van der Waals surface area contributed by atoms with Gasteiger partial charge in [-0.1, -0.05) is 61.8 Å². The molecular weight excluding hydrogens is 340 g/mol. The van der Waals surface area contributed by atoms with Gasteiger partial charge in [-0.05, 0) is 61.9 Å². The molecule has 0 aromatic carbocycles. The van der Waals surface area contributed by atoms with Crippen molar-refractivity contribution >= 4 is 16.6 Å². The van der Waals surface area contributed by atoms with Gasteiger partial charge in [0, 0.05) is 12.2 Å². The molecule has 25 heavy (non-hydrogen) atoms. The summed E-state index contributed by atoms with van der Waals surface area (Å²) in [6, 6.07) is 2.55. The minimum atomic E-state index is -1.76. The van der Waals surface area contributed by atoms with Crippen LogP contribution < -0.4 is 0 Å². The molecule has 0 aromatic rings. The standard InChI is InChI=1S/C21H48O2Si2/c1-16(2)22-24(18(5)6,19(7)8)14-13-15-25(20(9)10,21(11)12)23-17(3)4/h16-21H,13-15H2,1-12H3. The lowest BCUT2D eigenvalue weighted by Gasteiger charge is -2.43. The first kappa shape index (κ1) is 25.4. The normalized spacial score (nSPS) is 14.2. The SMILES string of the molecule is CC(C)O[Si](CCC[Si](OC(C)C)(C(C)C)C(C)C)(C(C)C)C(C)C. The van der Waals surface area contributed by atoms with Crippen LogP contribution in [0.4, 0.5) is 0 Å². The molecule has 0 aliphatic rings. The van der Waals surface area contributed by atoms with Gasteiger partial charge in [0.2, 0.25) is 0 Å². The summed E-state index contributed by atoms with van der Waals surface area (Å²) in [5, 5.41) is 0. The first-order valence-electron chi connectivity index (χ1n) is 10.7. The maximum atomic E-state index is 6.69. The molecular formula is C21H48O2Si2. The first-order valence-corrected chi connectivity index (χ1v) is 15.2. The van der Waals surface area contributed by atoms with Crippen LogP contribution in [-0.4, -0.2) is 28.8 Å². The second-order valence-electron chi connectivity index (χ2n) is 9.72. The molecule has 0 rings (SSSR count). The third-order valence-corrected chi connectivity index (χ3v) is 17.9. The van der Waals surface area contributed by atoms with Crippen molar-refractivity contribution in [3.63, 3.8) is 0 Å². The van der Waals surface area contributed by atoms with Gasteiger partial charge in [-0.25, -0.2) is 0 Å². The lowest BCUT2D eigenvalue weighted by Crippen LogP contribution is -2.49. The van der Waals surface area contributed by atoms with Gasteiger partial charge in [0.1, 0.15) is 0 Å². The van der Waals surface area contributed by atoms with E-state index < -0.39 is 16.6 Å². The van der Waals surface area contributed by atoms with Crippen molar-refractivity contribution in [2.75, 3.05) is 0 Å². The molecule has 2 nitrogen and oxygen atoms in total. The van der Waals surface area contributed by atoms with E-state index in [4.69, 9.17) is 8.85 Å². The average Bonchev–Trinajstić information content (AvgIpc) is 2.42. The van der Waals surface area contributed by atoms with E-state index in [-0.39, 0.29) is 0 Å². The fourth-order valence-electron chi connectivity index (χ4n) is 4.67. The minimum Gasteiger partial charge on any atom is -0.414 e. The maximum Gasteiger partial charge on any atom is 0.198 e. The van der Waals surface area contributed by atoms with Gasteiger partial charge < -0.3 is 8.85 Å². The molecule has 0 aliphatic heterocycles. The van der Waals surface area contributed by atoms with Gasteiger partial charge >= 0.3 is 0 Å². The molecule has 4 heteroatoms. The summed E-state index contributed by atoms with van der Waals surface area (Å²) in [5.74, 6) is 0. The summed E-state index contributed by atoms with van der Waals surface area (Å²) >= 11 is 0. The van der Waals surface area contributed by atoms with Crippen molar-refractivity contribution in [3.8, 4) is 0 Å². The number of hydrogen-bond donors (Lipinski definition) is 0. The highest BCUT2D eigenvalue weighted by Crippen LogP contribution is 2.43. The Labute approximate surface area is 161 Å². The molecule has 0 fully saturated rings. The van der Waals surface area contributed by atoms with Crippen LogP contribution in [0, 0.1) is 0 Å². The Morgan fingerprint density at radius 2 is 0.720 bits per heavy atom. The van der Waals surface area contributed by atoms with Crippen LogP contribution in [0.2, 0.25) is 34.3 Å². The molecule has 0 saturated carbocycles. The van der Waals surface area contributed by atoms with Gasteiger partial charge in [-0.2, -0.15) is 0 Å². The summed E-state index contributed by atoms with van der Waals surface area (Å²) in [7, 11) is -3.51. The molecule has 0 N–H and O–H groups in total. The van der Waals surface area contributed by atoms with Gasteiger partial charge in [-0.3, -0.25) is 0 Å². The van der Waals surface area contributed by atoms with Gasteiger partial charge in [0.25, 0.3) is 0 Å². The predicted octanol–water partition coefficient (Wildman–Crippen LogP) is 7.76. The highest BCUT2D eigenvalue weighted by molar-refractivity contribution is 6.78. The Bertz CT molecular complexity index is 313. The van der Waals surface area contributed by atoms with E-state index in [2.05, 4.69) is 83.1 Å². The molecule has 0 aromatic heterocycles. The molecule has 0 bridgehead atoms. The lowest BCUT2D eigenvalue weighted by molar-refractivity contribution is 0.210. The molecule has 0 aliphatic carbocycles. The van der Waals surface area contributed by atoms with Crippen LogP contribution in [0.15, 0.2) is 0 Å².